The smallest absolute Gasteiger partial charge is 0.416 e. The van der Waals surface area contributed by atoms with Crippen molar-refractivity contribution in [2.24, 2.45) is 7.05 Å². The summed E-state index contributed by atoms with van der Waals surface area (Å²) in [6, 6.07) is 10.3. The fourth-order valence-corrected chi connectivity index (χ4v) is 8.17. The van der Waals surface area contributed by atoms with E-state index in [1.165, 1.54) is 29.2 Å². The van der Waals surface area contributed by atoms with Crippen molar-refractivity contribution < 1.29 is 68.0 Å². The van der Waals surface area contributed by atoms with Gasteiger partial charge in [0.15, 0.2) is 24.0 Å². The minimum absolute atomic E-state index is 0.00573. The number of nitrogen functional groups attached to an aromatic ring is 1. The van der Waals surface area contributed by atoms with Crippen molar-refractivity contribution in [1.82, 2.24) is 9.47 Å². The van der Waals surface area contributed by atoms with E-state index >= 15 is 0 Å². The first-order valence-corrected chi connectivity index (χ1v) is 21.4. The van der Waals surface area contributed by atoms with Crippen LogP contribution in [0.4, 0.5) is 27.5 Å². The number of anilines is 4. The fourth-order valence-electron chi connectivity index (χ4n) is 8.17. The number of aliphatic hydroxyl groups excluding tert-OH is 4. The summed E-state index contributed by atoms with van der Waals surface area (Å²) in [7, 11) is 1.67. The molecule has 0 aliphatic carbocycles. The highest BCUT2D eigenvalue weighted by atomic mass is 16.7. The van der Waals surface area contributed by atoms with Gasteiger partial charge in [-0.3, -0.25) is 14.4 Å². The van der Waals surface area contributed by atoms with Crippen LogP contribution in [0.2, 0.25) is 0 Å². The van der Waals surface area contributed by atoms with Crippen LogP contribution in [0.5, 0.6) is 11.5 Å². The molecule has 4 aliphatic heterocycles. The normalized spacial score (nSPS) is 25.6. The van der Waals surface area contributed by atoms with E-state index in [1.807, 2.05) is 0 Å². The number of nitrogens with two attached hydrogens (primary N) is 1. The molecular formula is C44H56N6O14. The van der Waals surface area contributed by atoms with Gasteiger partial charge in [-0.15, -0.1) is 0 Å². The third-order valence-corrected chi connectivity index (χ3v) is 11.5. The number of carbonyl (C=O) groups is 4. The average molecular weight is 893 g/mol. The van der Waals surface area contributed by atoms with Crippen LogP contribution in [0.1, 0.15) is 72.2 Å². The van der Waals surface area contributed by atoms with Crippen molar-refractivity contribution in [3.8, 4) is 11.5 Å². The van der Waals surface area contributed by atoms with E-state index in [0.29, 0.717) is 55.2 Å². The van der Waals surface area contributed by atoms with Crippen LogP contribution in [0.15, 0.2) is 61.3 Å². The van der Waals surface area contributed by atoms with Crippen molar-refractivity contribution in [3.63, 3.8) is 0 Å². The molecule has 64 heavy (non-hydrogen) atoms. The number of aryl methyl sites for hydroxylation is 1. The molecule has 346 valence electrons. The van der Waals surface area contributed by atoms with E-state index < -0.39 is 73.8 Å². The number of hydrogen-bond donors (Lipinski definition) is 7. The molecule has 2 aromatic carbocycles. The van der Waals surface area contributed by atoms with Gasteiger partial charge >= 0.3 is 6.09 Å². The van der Waals surface area contributed by atoms with Crippen LogP contribution in [-0.4, -0.2) is 136 Å². The number of carbonyl (C=O) groups excluding carboxylic acids is 4. The molecule has 3 saturated heterocycles. The molecule has 20 heteroatoms. The molecule has 4 aliphatic rings. The van der Waals surface area contributed by atoms with Crippen LogP contribution in [0.3, 0.4) is 0 Å². The summed E-state index contributed by atoms with van der Waals surface area (Å²) in [4.78, 5) is 57.9. The first kappa shape index (κ1) is 46.3. The van der Waals surface area contributed by atoms with E-state index in [9.17, 15) is 39.6 Å². The Labute approximate surface area is 369 Å². The highest BCUT2D eigenvalue weighted by molar-refractivity contribution is 6.06. The SMILES string of the molecule is C=CCOC(=O)N1c2cc(OCCCC(=O)Nc3cc(C(=O)Nc4ccc(N)cc4)n(C)c3)c(O[C@@H]3O[C@H](CO)[C@H](O)[C@H](O)[C@H]3O)cc2C(=O)N2CCCC[C@H]2C1OC1CCCCO1. The number of piperidine rings is 1. The molecule has 4 amide bonds. The van der Waals surface area contributed by atoms with Gasteiger partial charge in [-0.25, -0.2) is 9.69 Å². The van der Waals surface area contributed by atoms with Crippen LogP contribution in [-0.2, 0) is 30.8 Å². The zero-order valence-corrected chi connectivity index (χ0v) is 35.5. The molecule has 8 atom stereocenters. The summed E-state index contributed by atoms with van der Waals surface area (Å²) < 4.78 is 37.7. The second-order valence-electron chi connectivity index (χ2n) is 16.1. The molecule has 20 nitrogen and oxygen atoms in total. The second-order valence-corrected chi connectivity index (χ2v) is 16.1. The van der Waals surface area contributed by atoms with E-state index in [0.717, 1.165) is 19.3 Å². The minimum atomic E-state index is -1.81. The van der Waals surface area contributed by atoms with Gasteiger partial charge in [0.1, 0.15) is 36.7 Å². The van der Waals surface area contributed by atoms with Crippen molar-refractivity contribution in [1.29, 1.82) is 0 Å². The van der Waals surface area contributed by atoms with Crippen LogP contribution >= 0.6 is 0 Å². The molecule has 7 rings (SSSR count). The molecule has 0 spiro atoms. The number of rotatable bonds is 15. The monoisotopic (exact) mass is 892 g/mol. The molecular weight excluding hydrogens is 837 g/mol. The fraction of sp³-hybridized carbons (Fsp3) is 0.500. The molecule has 0 bridgehead atoms. The molecule has 0 saturated carbocycles. The van der Waals surface area contributed by atoms with Gasteiger partial charge in [-0.05, 0) is 81.3 Å². The van der Waals surface area contributed by atoms with E-state index in [2.05, 4.69) is 17.2 Å². The molecule has 3 fully saturated rings. The third kappa shape index (κ3) is 10.4. The Hall–Kier alpha value is -5.74. The largest absolute Gasteiger partial charge is 0.490 e. The predicted molar refractivity (Wildman–Crippen MR) is 230 cm³/mol. The molecule has 5 heterocycles. The lowest BCUT2D eigenvalue weighted by atomic mass is 9.99. The van der Waals surface area contributed by atoms with Gasteiger partial charge in [0, 0.05) is 50.3 Å². The minimum Gasteiger partial charge on any atom is -0.490 e. The maximum Gasteiger partial charge on any atom is 0.416 e. The summed E-state index contributed by atoms with van der Waals surface area (Å²) in [5.74, 6) is -1.45. The van der Waals surface area contributed by atoms with E-state index in [4.69, 9.17) is 34.2 Å². The van der Waals surface area contributed by atoms with E-state index in [1.54, 1.807) is 47.0 Å². The lowest BCUT2D eigenvalue weighted by Gasteiger charge is -2.42. The summed E-state index contributed by atoms with van der Waals surface area (Å²) in [5.41, 5.74) is 7.58. The lowest BCUT2D eigenvalue weighted by Crippen LogP contribution is -2.60. The molecule has 2 unspecified atom stereocenters. The Balaban J connectivity index is 1.15. The zero-order valence-electron chi connectivity index (χ0n) is 35.5. The number of fused-ring (bicyclic) bond motifs is 2. The number of amides is 4. The maximum atomic E-state index is 14.6. The standard InChI is InChI=1S/C44H56N6O14/c1-3-17-61-44(58)50-30-22-32(59-19-8-10-35(52)46-27-20-31(48(2)23-27)40(56)47-26-14-12-25(45)13-15-26)33(62-43-39(55)38(54)37(53)34(24-51)63-43)21-28(30)41(57)49-16-6-4-9-29(49)42(50)64-36-11-5-7-18-60-36/h3,12-15,20-23,29,34,36-39,42-43,51,53-55H,1,4-11,16-19,24,45H2,2H3,(H,46,52)(H,47,56)/t29-,34+,36?,37-,38-,39+,42?,43+/m0/s1. The molecule has 1 aromatic heterocycles. The summed E-state index contributed by atoms with van der Waals surface area (Å²) >= 11 is 0. The zero-order chi connectivity index (χ0) is 45.5. The predicted octanol–water partition coefficient (Wildman–Crippen LogP) is 2.84. The maximum absolute atomic E-state index is 14.6. The number of aromatic nitrogens is 1. The van der Waals surface area contributed by atoms with Crippen LogP contribution in [0.25, 0.3) is 0 Å². The van der Waals surface area contributed by atoms with Gasteiger partial charge in [0.05, 0.1) is 36.2 Å². The Morgan fingerprint density at radius 2 is 1.75 bits per heavy atom. The first-order chi connectivity index (χ1) is 30.9. The number of ether oxygens (including phenoxy) is 6. The number of hydrogen-bond acceptors (Lipinski definition) is 15. The number of aliphatic hydroxyl groups is 4. The number of nitrogens with one attached hydrogen (secondary N) is 2. The molecule has 8 N–H and O–H groups in total. The Kier molecular flexibility index (Phi) is 15.1. The Morgan fingerprint density at radius 1 is 0.969 bits per heavy atom. The van der Waals surface area contributed by atoms with Gasteiger partial charge in [-0.1, -0.05) is 12.7 Å². The van der Waals surface area contributed by atoms with Gasteiger partial charge < -0.3 is 74.7 Å². The lowest BCUT2D eigenvalue weighted by molar-refractivity contribution is -0.277. The average Bonchev–Trinajstić information content (AvgIpc) is 3.63. The first-order valence-electron chi connectivity index (χ1n) is 21.4. The van der Waals surface area contributed by atoms with Crippen molar-refractivity contribution in [2.45, 2.75) is 101 Å². The summed E-state index contributed by atoms with van der Waals surface area (Å²) in [6.07, 6.45) is -3.45. The topological polar surface area (TPSA) is 266 Å². The molecule has 0 radical (unpaired) electrons. The highest BCUT2D eigenvalue weighted by Gasteiger charge is 2.48. The Morgan fingerprint density at radius 3 is 2.48 bits per heavy atom. The Bertz CT molecular complexity index is 2140. The van der Waals surface area contributed by atoms with Crippen LogP contribution in [0, 0.1) is 0 Å². The third-order valence-electron chi connectivity index (χ3n) is 11.5. The number of nitrogens with zero attached hydrogens (tertiary/aromatic N) is 3. The second kappa shape index (κ2) is 20.8. The van der Waals surface area contributed by atoms with Crippen molar-refractivity contribution >= 4 is 46.6 Å². The van der Waals surface area contributed by atoms with Crippen LogP contribution < -0.4 is 30.7 Å². The summed E-state index contributed by atoms with van der Waals surface area (Å²) in [6.45, 7) is 3.51. The van der Waals surface area contributed by atoms with Gasteiger partial charge in [0.25, 0.3) is 11.8 Å². The van der Waals surface area contributed by atoms with Crippen molar-refractivity contribution in [2.75, 3.05) is 54.2 Å². The van der Waals surface area contributed by atoms with Crippen molar-refractivity contribution in [3.05, 3.63) is 72.6 Å². The quantitative estimate of drug-likeness (QED) is 0.0657. The number of benzene rings is 2. The summed E-state index contributed by atoms with van der Waals surface area (Å²) in [5, 5.41) is 47.4. The highest BCUT2D eigenvalue weighted by Crippen LogP contribution is 2.43. The molecule has 3 aromatic rings. The van der Waals surface area contributed by atoms with Gasteiger partial charge in [0.2, 0.25) is 12.2 Å². The van der Waals surface area contributed by atoms with E-state index in [-0.39, 0.29) is 54.7 Å². The van der Waals surface area contributed by atoms with Gasteiger partial charge in [-0.2, -0.15) is 0 Å².